The lowest BCUT2D eigenvalue weighted by atomic mass is 10.2. The molecular formula is C9H17NO4. The molecular weight excluding hydrogens is 187 g/mol. The van der Waals surface area contributed by atoms with E-state index in [1.165, 1.54) is 0 Å². The molecule has 0 aromatic carbocycles. The third kappa shape index (κ3) is 4.11. The van der Waals surface area contributed by atoms with Gasteiger partial charge in [-0.15, -0.1) is 0 Å². The largest absolute Gasteiger partial charge is 0.480 e. The van der Waals surface area contributed by atoms with Crippen LogP contribution in [0.5, 0.6) is 0 Å². The van der Waals surface area contributed by atoms with E-state index in [0.29, 0.717) is 0 Å². The first-order valence-corrected chi connectivity index (χ1v) is 4.11. The highest BCUT2D eigenvalue weighted by Gasteiger charge is 2.26. The number of hydrogen-bond donors (Lipinski definition) is 1. The average molecular weight is 207 g/mol. The minimum Gasteiger partial charge on any atom is -0.480 e. The molecule has 0 rings (SSSR count). The molecule has 0 aliphatic carbocycles. The molecule has 0 fully saturated rings. The highest BCUT2D eigenvalue weighted by molar-refractivity contribution is 5.79. The van der Waals surface area contributed by atoms with E-state index in [1.807, 2.05) is 0 Å². The normalized spacial score (nSPS) is 17.3. The van der Waals surface area contributed by atoms with E-state index >= 15 is 0 Å². The number of rotatable bonds is 2. The van der Waals surface area contributed by atoms with Gasteiger partial charge < -0.3 is 9.84 Å². The maximum Gasteiger partial charge on any atom is 0.410 e. The number of nitrogens with zero attached hydrogens (tertiary/aromatic N) is 1. The lowest BCUT2D eigenvalue weighted by molar-refractivity contribution is -0.141. The van der Waals surface area contributed by atoms with Crippen LogP contribution in [0.25, 0.3) is 0 Å². The molecule has 0 saturated heterocycles. The van der Waals surface area contributed by atoms with Gasteiger partial charge in [-0.05, 0) is 27.7 Å². The molecule has 14 heavy (non-hydrogen) atoms. The van der Waals surface area contributed by atoms with Gasteiger partial charge in [0.1, 0.15) is 11.6 Å². The maximum atomic E-state index is 11.6. The van der Waals surface area contributed by atoms with Crippen molar-refractivity contribution >= 4 is 12.1 Å². The summed E-state index contributed by atoms with van der Waals surface area (Å²) in [6, 6.07) is -1.49. The zero-order valence-electron chi connectivity index (χ0n) is 11.7. The number of likely N-dealkylation sites (N-methyl/N-ethyl adjacent to an activating group) is 1. The van der Waals surface area contributed by atoms with Gasteiger partial charge in [-0.3, -0.25) is 4.90 Å². The molecule has 0 unspecified atom stereocenters. The van der Waals surface area contributed by atoms with Gasteiger partial charge in [-0.25, -0.2) is 9.59 Å². The van der Waals surface area contributed by atoms with Crippen molar-refractivity contribution in [2.24, 2.45) is 0 Å². The van der Waals surface area contributed by atoms with E-state index < -0.39 is 30.7 Å². The molecule has 5 nitrogen and oxygen atoms in total. The number of hydrogen-bond acceptors (Lipinski definition) is 3. The summed E-state index contributed by atoms with van der Waals surface area (Å²) in [7, 11) is 0. The van der Waals surface area contributed by atoms with Gasteiger partial charge >= 0.3 is 12.1 Å². The van der Waals surface area contributed by atoms with E-state index in [4.69, 9.17) is 14.0 Å². The van der Waals surface area contributed by atoms with Crippen molar-refractivity contribution in [1.29, 1.82) is 0 Å². The molecule has 0 aliphatic heterocycles. The minimum absolute atomic E-state index is 0.237. The van der Waals surface area contributed by atoms with Crippen LogP contribution in [0.4, 0.5) is 4.79 Å². The molecule has 0 spiro atoms. The zero-order chi connectivity index (χ0) is 14.0. The fourth-order valence-corrected chi connectivity index (χ4v) is 0.580. The molecule has 0 radical (unpaired) electrons. The number of carboxylic acid groups (broad SMARTS) is 1. The number of carbonyl (C=O) groups is 2. The SMILES string of the molecule is [2H][13C]([2H])([2H])N(C(=O)OC(C)(C)C)[C@@H](C)C(=O)O. The van der Waals surface area contributed by atoms with Gasteiger partial charge in [-0.1, -0.05) is 0 Å². The van der Waals surface area contributed by atoms with Crippen molar-refractivity contribution in [3.8, 4) is 0 Å². The molecule has 0 bridgehead atoms. The first-order chi connectivity index (χ1) is 7.36. The molecule has 0 aromatic heterocycles. The topological polar surface area (TPSA) is 66.8 Å². The van der Waals surface area contributed by atoms with Gasteiger partial charge in [0.05, 0.1) is 0 Å². The van der Waals surface area contributed by atoms with Crippen LogP contribution in [0, 0.1) is 0 Å². The fourth-order valence-electron chi connectivity index (χ4n) is 0.580. The fraction of sp³-hybridized carbons (Fsp3) is 0.778. The van der Waals surface area contributed by atoms with Crippen LogP contribution in [0.3, 0.4) is 0 Å². The number of carboxylic acids is 1. The molecule has 1 atom stereocenters. The van der Waals surface area contributed by atoms with Crippen molar-refractivity contribution in [2.75, 3.05) is 6.98 Å². The Morgan fingerprint density at radius 1 is 1.50 bits per heavy atom. The van der Waals surface area contributed by atoms with Gasteiger partial charge in [0, 0.05) is 11.1 Å². The Bertz CT molecular complexity index is 308. The standard InChI is InChI=1S/C9H17NO4/c1-6(7(11)12)10(5)8(13)14-9(2,3)4/h6H,1-5H3,(H,11,12)/t6-/m0/s1/i5+1D3. The Kier molecular flexibility index (Phi) is 2.48. The van der Waals surface area contributed by atoms with Gasteiger partial charge in [0.25, 0.3) is 0 Å². The molecule has 82 valence electrons. The van der Waals surface area contributed by atoms with E-state index in [9.17, 15) is 9.59 Å². The Morgan fingerprint density at radius 2 is 2.00 bits per heavy atom. The zero-order valence-corrected chi connectivity index (χ0v) is 8.70. The Labute approximate surface area is 87.9 Å². The summed E-state index contributed by atoms with van der Waals surface area (Å²) in [6.45, 7) is 2.94. The second-order valence-corrected chi connectivity index (χ2v) is 3.86. The summed E-state index contributed by atoms with van der Waals surface area (Å²) < 4.78 is 26.3. The summed E-state index contributed by atoms with van der Waals surface area (Å²) >= 11 is 0. The molecule has 1 amide bonds. The van der Waals surface area contributed by atoms with Crippen LogP contribution in [0.2, 0.25) is 0 Å². The first-order valence-electron chi connectivity index (χ1n) is 5.61. The number of amides is 1. The van der Waals surface area contributed by atoms with Crippen LogP contribution in [-0.2, 0) is 9.53 Å². The van der Waals surface area contributed by atoms with Crippen molar-refractivity contribution in [2.45, 2.75) is 39.3 Å². The second-order valence-electron chi connectivity index (χ2n) is 3.86. The Morgan fingerprint density at radius 3 is 2.29 bits per heavy atom. The number of carbonyl (C=O) groups excluding carboxylic acids is 1. The predicted molar refractivity (Wildman–Crippen MR) is 51.1 cm³/mol. The number of ether oxygens (including phenoxy) is 1. The van der Waals surface area contributed by atoms with E-state index in [1.54, 1.807) is 20.8 Å². The second kappa shape index (κ2) is 4.30. The maximum absolute atomic E-state index is 11.6. The third-order valence-electron chi connectivity index (χ3n) is 1.33. The van der Waals surface area contributed by atoms with E-state index in [2.05, 4.69) is 0 Å². The predicted octanol–water partition coefficient (Wildman–Crippen LogP) is 1.33. The molecule has 0 aliphatic rings. The highest BCUT2D eigenvalue weighted by atomic mass is 16.6. The van der Waals surface area contributed by atoms with E-state index in [-0.39, 0.29) is 4.90 Å². The highest BCUT2D eigenvalue weighted by Crippen LogP contribution is 2.10. The van der Waals surface area contributed by atoms with Crippen molar-refractivity contribution in [3.63, 3.8) is 0 Å². The van der Waals surface area contributed by atoms with Crippen molar-refractivity contribution in [1.82, 2.24) is 4.90 Å². The Hall–Kier alpha value is -1.26. The first kappa shape index (κ1) is 8.08. The summed E-state index contributed by atoms with van der Waals surface area (Å²) in [5.74, 6) is -1.41. The minimum atomic E-state index is -2.86. The molecule has 0 heterocycles. The van der Waals surface area contributed by atoms with Crippen LogP contribution >= 0.6 is 0 Å². The third-order valence-corrected chi connectivity index (χ3v) is 1.33. The van der Waals surface area contributed by atoms with Crippen molar-refractivity contribution < 1.29 is 23.5 Å². The molecule has 0 aromatic rings. The Balaban J connectivity index is 5.09. The summed E-state index contributed by atoms with van der Waals surface area (Å²) in [4.78, 5) is 22.6. The molecule has 5 heteroatoms. The van der Waals surface area contributed by atoms with Crippen LogP contribution in [-0.4, -0.2) is 40.7 Å². The van der Waals surface area contributed by atoms with Crippen LogP contribution in [0.1, 0.15) is 31.8 Å². The summed E-state index contributed by atoms with van der Waals surface area (Å²) in [5, 5.41) is 8.76. The average Bonchev–Trinajstić information content (AvgIpc) is 1.96. The lowest BCUT2D eigenvalue weighted by Crippen LogP contribution is -2.43. The summed E-state index contributed by atoms with van der Waals surface area (Å²) in [6.07, 6.45) is -1.17. The quantitative estimate of drug-likeness (QED) is 0.693. The monoisotopic (exact) mass is 207 g/mol. The van der Waals surface area contributed by atoms with Gasteiger partial charge in [0.15, 0.2) is 0 Å². The van der Waals surface area contributed by atoms with Crippen molar-refractivity contribution in [3.05, 3.63) is 0 Å². The van der Waals surface area contributed by atoms with Crippen LogP contribution < -0.4 is 0 Å². The van der Waals surface area contributed by atoms with Gasteiger partial charge in [0.2, 0.25) is 0 Å². The van der Waals surface area contributed by atoms with E-state index in [0.717, 1.165) is 6.92 Å². The van der Waals surface area contributed by atoms with Crippen LogP contribution in [0.15, 0.2) is 0 Å². The lowest BCUT2D eigenvalue weighted by Gasteiger charge is -2.26. The van der Waals surface area contributed by atoms with Gasteiger partial charge in [-0.2, -0.15) is 0 Å². The molecule has 0 saturated carbocycles. The molecule has 1 N–H and O–H groups in total. The summed E-state index contributed by atoms with van der Waals surface area (Å²) in [5.41, 5.74) is -0.890. The number of aliphatic carboxylic acids is 1. The smallest absolute Gasteiger partial charge is 0.410 e.